The summed E-state index contributed by atoms with van der Waals surface area (Å²) < 4.78 is 36.1. The van der Waals surface area contributed by atoms with Crippen LogP contribution in [0.2, 0.25) is 25.7 Å². The summed E-state index contributed by atoms with van der Waals surface area (Å²) in [6, 6.07) is 14.4. The lowest BCUT2D eigenvalue weighted by atomic mass is 9.84. The molecular weight excluding hydrogens is 556 g/mol. The molecule has 3 rings (SSSR count). The zero-order valence-electron chi connectivity index (χ0n) is 25.3. The number of carbonyl (C=O) groups is 2. The molecule has 0 bridgehead atoms. The summed E-state index contributed by atoms with van der Waals surface area (Å²) in [5.41, 5.74) is 2.25. The highest BCUT2D eigenvalue weighted by molar-refractivity contribution is 6.76. The fourth-order valence-electron chi connectivity index (χ4n) is 4.67. The summed E-state index contributed by atoms with van der Waals surface area (Å²) in [5.74, 6) is -2.20. The lowest BCUT2D eigenvalue weighted by Crippen LogP contribution is -2.44. The second kappa shape index (κ2) is 14.1. The van der Waals surface area contributed by atoms with Crippen LogP contribution in [0.15, 0.2) is 60.8 Å². The molecule has 0 aliphatic carbocycles. The number of benzene rings is 2. The lowest BCUT2D eigenvalue weighted by Gasteiger charge is -2.33. The van der Waals surface area contributed by atoms with Crippen LogP contribution in [0, 0.1) is 17.0 Å². The monoisotopic (exact) mass is 599 g/mol. The number of nitrogens with one attached hydrogen (secondary N) is 2. The van der Waals surface area contributed by atoms with Gasteiger partial charge in [-0.3, -0.25) is 0 Å². The van der Waals surface area contributed by atoms with Gasteiger partial charge in [-0.25, -0.2) is 18.4 Å². The molecule has 0 aliphatic heterocycles. The minimum atomic E-state index is -1.40. The lowest BCUT2D eigenvalue weighted by molar-refractivity contribution is -0.139. The maximum Gasteiger partial charge on any atom is 0.407 e. The molecule has 2 unspecified atom stereocenters. The van der Waals surface area contributed by atoms with Crippen LogP contribution in [0.4, 0.5) is 13.6 Å². The third-order valence-corrected chi connectivity index (χ3v) is 8.69. The minimum absolute atomic E-state index is 0.121. The van der Waals surface area contributed by atoms with E-state index in [2.05, 4.69) is 51.0 Å². The van der Waals surface area contributed by atoms with E-state index in [1.165, 1.54) is 6.07 Å². The quantitative estimate of drug-likeness (QED) is 0.183. The number of amides is 1. The Balaban J connectivity index is 1.83. The smallest absolute Gasteiger partial charge is 0.407 e. The van der Waals surface area contributed by atoms with Gasteiger partial charge < -0.3 is 25.0 Å². The number of carbonyl (C=O) groups excluding carboxylic acids is 1. The van der Waals surface area contributed by atoms with Gasteiger partial charge in [0.25, 0.3) is 0 Å². The highest BCUT2D eigenvalue weighted by Gasteiger charge is 2.30. The molecule has 0 saturated heterocycles. The van der Waals surface area contributed by atoms with Crippen molar-refractivity contribution in [2.24, 2.45) is 5.41 Å². The van der Waals surface area contributed by atoms with E-state index in [-0.39, 0.29) is 36.6 Å². The van der Waals surface area contributed by atoms with Crippen molar-refractivity contribution in [3.05, 3.63) is 83.7 Å². The maximum atomic E-state index is 14.8. The highest BCUT2D eigenvalue weighted by Crippen LogP contribution is 2.37. The van der Waals surface area contributed by atoms with Crippen LogP contribution in [-0.4, -0.2) is 49.0 Å². The van der Waals surface area contributed by atoms with Gasteiger partial charge in [0.05, 0.1) is 12.6 Å². The Morgan fingerprint density at radius 1 is 1.05 bits per heavy atom. The molecular formula is C32H43F2N3O4Si. The summed E-state index contributed by atoms with van der Waals surface area (Å²) in [6.45, 7) is 13.7. The number of aromatic nitrogens is 1. The van der Waals surface area contributed by atoms with Crippen molar-refractivity contribution in [1.29, 1.82) is 0 Å². The molecule has 7 nitrogen and oxygen atoms in total. The number of carboxylic acid groups (broad SMARTS) is 1. The van der Waals surface area contributed by atoms with Crippen LogP contribution in [0.3, 0.4) is 0 Å². The SMILES string of the molecule is CC(C)(C)C(NCCC(NC(=O)OCC[Si](C)(C)C)C(=O)O)c1cc(-c2cc(F)ccc2F)cn1Cc1ccccc1. The van der Waals surface area contributed by atoms with Gasteiger partial charge in [-0.1, -0.05) is 70.7 Å². The molecule has 1 aromatic heterocycles. The molecule has 0 spiro atoms. The van der Waals surface area contributed by atoms with Gasteiger partial charge >= 0.3 is 12.1 Å². The Labute approximate surface area is 248 Å². The van der Waals surface area contributed by atoms with Crippen molar-refractivity contribution in [3.8, 4) is 11.1 Å². The molecule has 10 heteroatoms. The van der Waals surface area contributed by atoms with Crippen molar-refractivity contribution >= 4 is 20.1 Å². The first-order valence-electron chi connectivity index (χ1n) is 14.2. The molecule has 0 aliphatic rings. The molecule has 2 aromatic carbocycles. The van der Waals surface area contributed by atoms with Gasteiger partial charge in [0.15, 0.2) is 0 Å². The first kappa shape index (κ1) is 33.0. The van der Waals surface area contributed by atoms with Crippen molar-refractivity contribution < 1.29 is 28.2 Å². The van der Waals surface area contributed by atoms with Crippen LogP contribution < -0.4 is 10.6 Å². The van der Waals surface area contributed by atoms with E-state index in [4.69, 9.17) is 4.74 Å². The number of nitrogens with zero attached hydrogens (tertiary/aromatic N) is 1. The zero-order chi connectivity index (χ0) is 31.1. The van der Waals surface area contributed by atoms with E-state index >= 15 is 0 Å². The third-order valence-electron chi connectivity index (χ3n) is 6.98. The Morgan fingerprint density at radius 2 is 1.74 bits per heavy atom. The number of alkyl carbamates (subject to hydrolysis) is 1. The molecule has 0 radical (unpaired) electrons. The first-order valence-corrected chi connectivity index (χ1v) is 17.9. The van der Waals surface area contributed by atoms with Crippen LogP contribution in [0.5, 0.6) is 0 Å². The number of rotatable bonds is 13. The summed E-state index contributed by atoms with van der Waals surface area (Å²) in [7, 11) is -1.40. The molecule has 2 atom stereocenters. The summed E-state index contributed by atoms with van der Waals surface area (Å²) in [6.07, 6.45) is 1.20. The normalized spacial score (nSPS) is 13.4. The van der Waals surface area contributed by atoms with Gasteiger partial charge in [0.1, 0.15) is 17.7 Å². The van der Waals surface area contributed by atoms with E-state index < -0.39 is 37.8 Å². The van der Waals surface area contributed by atoms with Crippen molar-refractivity contribution in [3.63, 3.8) is 0 Å². The van der Waals surface area contributed by atoms with Crippen LogP contribution >= 0.6 is 0 Å². The fourth-order valence-corrected chi connectivity index (χ4v) is 5.39. The molecule has 1 heterocycles. The fraction of sp³-hybridized carbons (Fsp3) is 0.438. The average molecular weight is 600 g/mol. The number of ether oxygens (including phenoxy) is 1. The second-order valence-electron chi connectivity index (χ2n) is 12.9. The zero-order valence-corrected chi connectivity index (χ0v) is 26.3. The summed E-state index contributed by atoms with van der Waals surface area (Å²) in [4.78, 5) is 24.2. The minimum Gasteiger partial charge on any atom is -0.480 e. The van der Waals surface area contributed by atoms with E-state index in [0.717, 1.165) is 29.4 Å². The van der Waals surface area contributed by atoms with Gasteiger partial charge in [-0.15, -0.1) is 0 Å². The Hall–Kier alpha value is -3.50. The molecule has 42 heavy (non-hydrogen) atoms. The molecule has 3 N–H and O–H groups in total. The number of halogens is 2. The van der Waals surface area contributed by atoms with Gasteiger partial charge in [-0.05, 0) is 54.3 Å². The van der Waals surface area contributed by atoms with E-state index in [0.29, 0.717) is 12.1 Å². The predicted molar refractivity (Wildman–Crippen MR) is 164 cm³/mol. The van der Waals surface area contributed by atoms with Crippen LogP contribution in [-0.2, 0) is 16.1 Å². The standard InChI is InChI=1S/C32H43F2N3O4Si/c1-32(2,3)29(35-15-14-27(30(38)39)36-31(40)41-16-17-42(4,5)6)28-18-23(25-19-24(33)12-13-26(25)34)21-37(28)20-22-10-8-7-9-11-22/h7-13,18-19,21,27,29,35H,14-17,20H2,1-6H3,(H,36,40)(H,38,39). The van der Waals surface area contributed by atoms with Crippen LogP contribution in [0.25, 0.3) is 11.1 Å². The second-order valence-corrected chi connectivity index (χ2v) is 18.5. The Bertz CT molecular complexity index is 1350. The van der Waals surface area contributed by atoms with Crippen molar-refractivity contribution in [2.45, 2.75) is 71.5 Å². The van der Waals surface area contributed by atoms with E-state index in [9.17, 15) is 23.5 Å². The van der Waals surface area contributed by atoms with Crippen LogP contribution in [0.1, 0.15) is 44.5 Å². The Morgan fingerprint density at radius 3 is 2.36 bits per heavy atom. The number of hydrogen-bond acceptors (Lipinski definition) is 4. The highest BCUT2D eigenvalue weighted by atomic mass is 28.3. The topological polar surface area (TPSA) is 92.6 Å². The third kappa shape index (κ3) is 9.80. The van der Waals surface area contributed by atoms with Gasteiger partial charge in [-0.2, -0.15) is 0 Å². The van der Waals surface area contributed by atoms with E-state index in [1.807, 2.05) is 47.2 Å². The average Bonchev–Trinajstić information content (AvgIpc) is 3.28. The molecule has 1 amide bonds. The maximum absolute atomic E-state index is 14.8. The molecule has 0 saturated carbocycles. The number of aliphatic carboxylic acids is 1. The first-order chi connectivity index (χ1) is 19.6. The molecule has 0 fully saturated rings. The van der Waals surface area contributed by atoms with Crippen molar-refractivity contribution in [2.75, 3.05) is 13.2 Å². The molecule has 228 valence electrons. The predicted octanol–water partition coefficient (Wildman–Crippen LogP) is 7.07. The largest absolute Gasteiger partial charge is 0.480 e. The Kier molecular flexibility index (Phi) is 11.1. The van der Waals surface area contributed by atoms with Gasteiger partial charge in [0.2, 0.25) is 0 Å². The number of carboxylic acids is 1. The number of hydrogen-bond donors (Lipinski definition) is 3. The van der Waals surface area contributed by atoms with E-state index in [1.54, 1.807) is 0 Å². The summed E-state index contributed by atoms with van der Waals surface area (Å²) >= 11 is 0. The molecule has 3 aromatic rings. The van der Waals surface area contributed by atoms with Gasteiger partial charge in [0, 0.05) is 37.6 Å². The van der Waals surface area contributed by atoms with Crippen molar-refractivity contribution in [1.82, 2.24) is 15.2 Å². The summed E-state index contributed by atoms with van der Waals surface area (Å²) in [5, 5.41) is 15.7.